The molecular formula is C19H17ClN2O4. The molecule has 2 aromatic carbocycles. The summed E-state index contributed by atoms with van der Waals surface area (Å²) in [5, 5.41) is 0.521. The van der Waals surface area contributed by atoms with Crippen molar-refractivity contribution in [3.05, 3.63) is 72.9 Å². The molecule has 7 heteroatoms. The molecule has 0 fully saturated rings. The van der Waals surface area contributed by atoms with Crippen molar-refractivity contribution in [3.63, 3.8) is 0 Å². The molecule has 0 radical (unpaired) electrons. The SMILES string of the molecule is CCOC(=O)c1c(C)cc2[nH]c(=O)n(-c3ccccc3Cl)c(=O)c2c1C. The minimum Gasteiger partial charge on any atom is -0.462 e. The number of carbonyl (C=O) groups excluding carboxylic acids is 1. The number of aryl methyl sites for hydroxylation is 2. The molecule has 1 N–H and O–H groups in total. The number of aromatic amines is 1. The average molecular weight is 373 g/mol. The lowest BCUT2D eigenvalue weighted by Gasteiger charge is -2.14. The van der Waals surface area contributed by atoms with Gasteiger partial charge in [-0.25, -0.2) is 14.2 Å². The van der Waals surface area contributed by atoms with Gasteiger partial charge in [0.15, 0.2) is 0 Å². The van der Waals surface area contributed by atoms with E-state index in [4.69, 9.17) is 16.3 Å². The van der Waals surface area contributed by atoms with Crippen molar-refractivity contribution in [2.75, 3.05) is 6.61 Å². The van der Waals surface area contributed by atoms with Gasteiger partial charge in [-0.05, 0) is 50.1 Å². The Morgan fingerprint density at radius 2 is 1.92 bits per heavy atom. The zero-order valence-electron chi connectivity index (χ0n) is 14.6. The summed E-state index contributed by atoms with van der Waals surface area (Å²) in [6, 6.07) is 8.18. The van der Waals surface area contributed by atoms with E-state index in [0.717, 1.165) is 4.57 Å². The van der Waals surface area contributed by atoms with Crippen LogP contribution in [0.15, 0.2) is 39.9 Å². The molecule has 0 saturated heterocycles. The fourth-order valence-electron chi connectivity index (χ4n) is 3.10. The molecule has 1 heterocycles. The zero-order valence-corrected chi connectivity index (χ0v) is 15.3. The van der Waals surface area contributed by atoms with Gasteiger partial charge in [-0.2, -0.15) is 0 Å². The van der Waals surface area contributed by atoms with Gasteiger partial charge >= 0.3 is 11.7 Å². The molecule has 0 bridgehead atoms. The highest BCUT2D eigenvalue weighted by Crippen LogP contribution is 2.23. The maximum atomic E-state index is 13.1. The normalized spacial score (nSPS) is 10.9. The Hall–Kier alpha value is -2.86. The molecule has 1 aromatic heterocycles. The van der Waals surface area contributed by atoms with Gasteiger partial charge in [-0.3, -0.25) is 4.79 Å². The summed E-state index contributed by atoms with van der Waals surface area (Å²) in [5.74, 6) is -0.501. The van der Waals surface area contributed by atoms with Gasteiger partial charge in [0.2, 0.25) is 0 Å². The number of para-hydroxylation sites is 1. The van der Waals surface area contributed by atoms with Crippen LogP contribution in [0.3, 0.4) is 0 Å². The van der Waals surface area contributed by atoms with Crippen LogP contribution in [-0.4, -0.2) is 22.1 Å². The third-order valence-corrected chi connectivity index (χ3v) is 4.53. The quantitative estimate of drug-likeness (QED) is 0.716. The van der Waals surface area contributed by atoms with Crippen molar-refractivity contribution in [1.29, 1.82) is 0 Å². The van der Waals surface area contributed by atoms with E-state index in [0.29, 0.717) is 22.2 Å². The van der Waals surface area contributed by atoms with Crippen molar-refractivity contribution in [2.24, 2.45) is 0 Å². The molecule has 0 aliphatic carbocycles. The predicted octanol–water partition coefficient (Wildman–Crippen LogP) is 3.13. The molecule has 0 aliphatic heterocycles. The molecule has 3 aromatic rings. The van der Waals surface area contributed by atoms with Crippen LogP contribution in [0.4, 0.5) is 0 Å². The number of hydrogen-bond donors (Lipinski definition) is 1. The van der Waals surface area contributed by atoms with Gasteiger partial charge in [-0.1, -0.05) is 23.7 Å². The molecule has 26 heavy (non-hydrogen) atoms. The largest absolute Gasteiger partial charge is 0.462 e. The molecular weight excluding hydrogens is 356 g/mol. The number of H-pyrrole nitrogens is 1. The number of fused-ring (bicyclic) bond motifs is 1. The van der Waals surface area contributed by atoms with E-state index >= 15 is 0 Å². The maximum absolute atomic E-state index is 13.1. The summed E-state index contributed by atoms with van der Waals surface area (Å²) in [6.45, 7) is 5.34. The highest BCUT2D eigenvalue weighted by molar-refractivity contribution is 6.32. The van der Waals surface area contributed by atoms with Gasteiger partial charge in [0.1, 0.15) is 0 Å². The van der Waals surface area contributed by atoms with Gasteiger partial charge in [0, 0.05) is 0 Å². The Balaban J connectivity index is 2.42. The molecule has 3 rings (SSSR count). The highest BCUT2D eigenvalue weighted by atomic mass is 35.5. The van der Waals surface area contributed by atoms with Crippen molar-refractivity contribution >= 4 is 28.5 Å². The third kappa shape index (κ3) is 2.82. The number of nitrogens with one attached hydrogen (secondary N) is 1. The van der Waals surface area contributed by atoms with E-state index in [-0.39, 0.29) is 22.7 Å². The third-order valence-electron chi connectivity index (χ3n) is 4.21. The number of hydrogen-bond acceptors (Lipinski definition) is 4. The van der Waals surface area contributed by atoms with Crippen molar-refractivity contribution in [1.82, 2.24) is 9.55 Å². The second kappa shape index (κ2) is 6.80. The summed E-state index contributed by atoms with van der Waals surface area (Å²) in [4.78, 5) is 40.6. The second-order valence-corrected chi connectivity index (χ2v) is 6.27. The van der Waals surface area contributed by atoms with E-state index in [1.54, 1.807) is 51.1 Å². The lowest BCUT2D eigenvalue weighted by Crippen LogP contribution is -2.34. The number of aromatic nitrogens is 2. The Morgan fingerprint density at radius 1 is 1.23 bits per heavy atom. The Kier molecular flexibility index (Phi) is 4.70. The van der Waals surface area contributed by atoms with Crippen molar-refractivity contribution in [3.8, 4) is 5.69 Å². The topological polar surface area (TPSA) is 81.2 Å². The number of nitrogens with zero attached hydrogens (tertiary/aromatic N) is 1. The predicted molar refractivity (Wildman–Crippen MR) is 101 cm³/mol. The first-order valence-electron chi connectivity index (χ1n) is 8.08. The highest BCUT2D eigenvalue weighted by Gasteiger charge is 2.20. The van der Waals surface area contributed by atoms with E-state index in [1.807, 2.05) is 0 Å². The van der Waals surface area contributed by atoms with Crippen LogP contribution in [0.5, 0.6) is 0 Å². The van der Waals surface area contributed by atoms with E-state index in [9.17, 15) is 14.4 Å². The van der Waals surface area contributed by atoms with Crippen molar-refractivity contribution < 1.29 is 9.53 Å². The number of benzene rings is 2. The van der Waals surface area contributed by atoms with Gasteiger partial charge in [-0.15, -0.1) is 0 Å². The molecule has 134 valence electrons. The first kappa shape index (κ1) is 17.9. The van der Waals surface area contributed by atoms with Crippen LogP contribution in [0.1, 0.15) is 28.4 Å². The second-order valence-electron chi connectivity index (χ2n) is 5.86. The summed E-state index contributed by atoms with van der Waals surface area (Å²) < 4.78 is 6.07. The van der Waals surface area contributed by atoms with Crippen LogP contribution in [0.2, 0.25) is 5.02 Å². The fourth-order valence-corrected chi connectivity index (χ4v) is 3.32. The zero-order chi connectivity index (χ0) is 19.0. The summed E-state index contributed by atoms with van der Waals surface area (Å²) in [7, 11) is 0. The standard InChI is InChI=1S/C19H17ClN2O4/c1-4-26-18(24)15-10(2)9-13-16(11(15)3)17(23)22(19(25)21-13)14-8-6-5-7-12(14)20/h5-9H,4H2,1-3H3,(H,21,25). The van der Waals surface area contributed by atoms with Crippen LogP contribution >= 0.6 is 11.6 Å². The number of carbonyl (C=O) groups is 1. The Labute approximate surface area is 154 Å². The number of rotatable bonds is 3. The monoisotopic (exact) mass is 372 g/mol. The Morgan fingerprint density at radius 3 is 2.58 bits per heavy atom. The lowest BCUT2D eigenvalue weighted by atomic mass is 9.98. The number of halogens is 1. The molecule has 0 amide bonds. The molecule has 0 aliphatic rings. The summed E-state index contributed by atoms with van der Waals surface area (Å²) in [5.41, 5.74) is 0.915. The average Bonchev–Trinajstić information content (AvgIpc) is 2.56. The molecule has 6 nitrogen and oxygen atoms in total. The molecule has 0 unspecified atom stereocenters. The minimum atomic E-state index is -0.599. The number of ether oxygens (including phenoxy) is 1. The minimum absolute atomic E-state index is 0.227. The van der Waals surface area contributed by atoms with Gasteiger partial charge < -0.3 is 9.72 Å². The van der Waals surface area contributed by atoms with Gasteiger partial charge in [0.25, 0.3) is 5.56 Å². The first-order valence-corrected chi connectivity index (χ1v) is 8.45. The van der Waals surface area contributed by atoms with Crippen LogP contribution in [-0.2, 0) is 4.74 Å². The number of esters is 1. The fraction of sp³-hybridized carbons (Fsp3) is 0.211. The molecule has 0 saturated carbocycles. The van der Waals surface area contributed by atoms with Crippen LogP contribution in [0.25, 0.3) is 16.6 Å². The summed E-state index contributed by atoms with van der Waals surface area (Å²) in [6.07, 6.45) is 0. The van der Waals surface area contributed by atoms with E-state index in [1.165, 1.54) is 0 Å². The smallest absolute Gasteiger partial charge is 0.338 e. The molecule has 0 atom stereocenters. The first-order chi connectivity index (χ1) is 12.4. The maximum Gasteiger partial charge on any atom is 0.338 e. The van der Waals surface area contributed by atoms with Crippen molar-refractivity contribution in [2.45, 2.75) is 20.8 Å². The van der Waals surface area contributed by atoms with Gasteiger partial charge in [0.05, 0.1) is 33.8 Å². The van der Waals surface area contributed by atoms with E-state index < -0.39 is 17.2 Å². The van der Waals surface area contributed by atoms with Crippen LogP contribution in [0, 0.1) is 13.8 Å². The lowest BCUT2D eigenvalue weighted by molar-refractivity contribution is 0.0525. The summed E-state index contributed by atoms with van der Waals surface area (Å²) >= 11 is 6.16. The van der Waals surface area contributed by atoms with Crippen LogP contribution < -0.4 is 11.2 Å². The van der Waals surface area contributed by atoms with E-state index in [2.05, 4.69) is 4.98 Å². The molecule has 0 spiro atoms. The Bertz CT molecular complexity index is 1140.